The molecule has 1 fully saturated rings. The Balaban J connectivity index is 1.64. The zero-order valence-corrected chi connectivity index (χ0v) is 21.0. The van der Waals surface area contributed by atoms with Gasteiger partial charge in [-0.25, -0.2) is 4.79 Å². The molecule has 1 aliphatic heterocycles. The summed E-state index contributed by atoms with van der Waals surface area (Å²) in [6, 6.07) is 18.2. The van der Waals surface area contributed by atoms with Gasteiger partial charge in [0, 0.05) is 31.4 Å². The molecule has 0 radical (unpaired) electrons. The first-order chi connectivity index (χ1) is 15.3. The molecule has 32 heavy (non-hydrogen) atoms. The third-order valence-corrected chi connectivity index (χ3v) is 9.90. The van der Waals surface area contributed by atoms with Gasteiger partial charge in [-0.2, -0.15) is 0 Å². The number of benzene rings is 2. The fourth-order valence-electron chi connectivity index (χ4n) is 3.42. The molecule has 2 aromatic rings. The van der Waals surface area contributed by atoms with E-state index >= 15 is 0 Å². The highest BCUT2D eigenvalue weighted by Crippen LogP contribution is 2.27. The molecule has 5 nitrogen and oxygen atoms in total. The molecule has 0 aromatic heterocycles. The molecule has 1 heterocycles. The summed E-state index contributed by atoms with van der Waals surface area (Å²) < 4.78 is 17.3. The van der Waals surface area contributed by atoms with E-state index in [1.165, 1.54) is 5.69 Å². The van der Waals surface area contributed by atoms with Gasteiger partial charge in [0.25, 0.3) is 0 Å². The van der Waals surface area contributed by atoms with Crippen molar-refractivity contribution < 1.29 is 19.0 Å². The van der Waals surface area contributed by atoms with E-state index in [4.69, 9.17) is 14.2 Å². The number of anilines is 1. The number of hydrogen-bond acceptors (Lipinski definition) is 5. The monoisotopic (exact) mass is 455 g/mol. The summed E-state index contributed by atoms with van der Waals surface area (Å²) in [6.45, 7) is 12.7. The van der Waals surface area contributed by atoms with E-state index in [9.17, 15) is 4.79 Å². The standard InChI is InChI=1S/C26H37NO4Si/c1-26(2,3)32(4)20-31-24(25(28)30-19-22-8-6-5-7-9-22)18-21-10-12-23(13-11-21)27-14-16-29-17-15-27/h5-13,24,32H,14-20H2,1-4H3/t24-,32?/m1/s1. The second-order valence-electron chi connectivity index (χ2n) is 9.65. The Morgan fingerprint density at radius 1 is 1.03 bits per heavy atom. The second kappa shape index (κ2) is 11.6. The van der Waals surface area contributed by atoms with Crippen LogP contribution in [0.4, 0.5) is 5.69 Å². The number of carbonyl (C=O) groups is 1. The van der Waals surface area contributed by atoms with Gasteiger partial charge in [0.1, 0.15) is 6.61 Å². The van der Waals surface area contributed by atoms with Crippen molar-refractivity contribution in [3.05, 3.63) is 65.7 Å². The molecule has 0 spiro atoms. The predicted molar refractivity (Wildman–Crippen MR) is 132 cm³/mol. The molecule has 6 heteroatoms. The third-order valence-electron chi connectivity index (χ3n) is 6.25. The van der Waals surface area contributed by atoms with Crippen LogP contribution in [0.15, 0.2) is 54.6 Å². The van der Waals surface area contributed by atoms with Crippen molar-refractivity contribution in [2.45, 2.75) is 51.5 Å². The normalized spacial score (nSPS) is 16.4. The predicted octanol–water partition coefficient (Wildman–Crippen LogP) is 4.39. The van der Waals surface area contributed by atoms with Crippen molar-refractivity contribution in [1.82, 2.24) is 0 Å². The minimum atomic E-state index is -1.15. The highest BCUT2D eigenvalue weighted by Gasteiger charge is 2.27. The van der Waals surface area contributed by atoms with Gasteiger partial charge >= 0.3 is 5.97 Å². The average molecular weight is 456 g/mol. The topological polar surface area (TPSA) is 48.0 Å². The summed E-state index contributed by atoms with van der Waals surface area (Å²) in [5.74, 6) is -0.291. The lowest BCUT2D eigenvalue weighted by atomic mass is 10.1. The summed E-state index contributed by atoms with van der Waals surface area (Å²) in [4.78, 5) is 15.3. The van der Waals surface area contributed by atoms with Crippen molar-refractivity contribution in [2.24, 2.45) is 0 Å². The Hall–Kier alpha value is -2.15. The Bertz CT molecular complexity index is 829. The molecule has 3 rings (SSSR count). The van der Waals surface area contributed by atoms with E-state index in [1.54, 1.807) is 0 Å². The minimum absolute atomic E-state index is 0.248. The van der Waals surface area contributed by atoms with Gasteiger partial charge in [0.05, 0.1) is 22.0 Å². The highest BCUT2D eigenvalue weighted by molar-refractivity contribution is 6.60. The number of esters is 1. The van der Waals surface area contributed by atoms with Crippen LogP contribution >= 0.6 is 0 Å². The maximum Gasteiger partial charge on any atom is 0.335 e. The number of morpholine rings is 1. The Morgan fingerprint density at radius 3 is 2.31 bits per heavy atom. The molecule has 1 saturated heterocycles. The van der Waals surface area contributed by atoms with Crippen LogP contribution in [0.25, 0.3) is 0 Å². The van der Waals surface area contributed by atoms with Crippen LogP contribution in [0.3, 0.4) is 0 Å². The lowest BCUT2D eigenvalue weighted by Crippen LogP contribution is -2.36. The minimum Gasteiger partial charge on any atom is -0.459 e. The summed E-state index contributed by atoms with van der Waals surface area (Å²) >= 11 is 0. The molecule has 0 bridgehead atoms. The average Bonchev–Trinajstić information content (AvgIpc) is 2.81. The zero-order valence-electron chi connectivity index (χ0n) is 19.9. The summed E-state index contributed by atoms with van der Waals surface area (Å²) in [5, 5.41) is 0.248. The molecule has 1 unspecified atom stereocenters. The van der Waals surface area contributed by atoms with E-state index in [2.05, 4.69) is 56.5 Å². The lowest BCUT2D eigenvalue weighted by molar-refractivity contribution is -0.157. The Kier molecular flexibility index (Phi) is 8.90. The molecule has 2 atom stereocenters. The van der Waals surface area contributed by atoms with E-state index in [-0.39, 0.29) is 17.6 Å². The number of carbonyl (C=O) groups excluding carboxylic acids is 1. The number of nitrogens with zero attached hydrogens (tertiary/aromatic N) is 1. The zero-order chi connectivity index (χ0) is 23.0. The number of rotatable bonds is 9. The largest absolute Gasteiger partial charge is 0.459 e. The van der Waals surface area contributed by atoms with Gasteiger partial charge in [0.15, 0.2) is 6.10 Å². The summed E-state index contributed by atoms with van der Waals surface area (Å²) in [6.07, 6.45) is 0.577. The van der Waals surface area contributed by atoms with Crippen LogP contribution in [0.1, 0.15) is 31.9 Å². The Labute approximate surface area is 194 Å². The first kappa shape index (κ1) is 24.5. The van der Waals surface area contributed by atoms with E-state index in [1.807, 2.05) is 30.3 Å². The van der Waals surface area contributed by atoms with Gasteiger partial charge in [0.2, 0.25) is 0 Å². The maximum atomic E-state index is 12.9. The maximum absolute atomic E-state index is 12.9. The summed E-state index contributed by atoms with van der Waals surface area (Å²) in [7, 11) is -1.15. The molecule has 0 aliphatic carbocycles. The molecule has 174 valence electrons. The number of hydrogen-bond donors (Lipinski definition) is 0. The first-order valence-corrected chi connectivity index (χ1v) is 14.1. The van der Waals surface area contributed by atoms with Crippen LogP contribution in [0.5, 0.6) is 0 Å². The van der Waals surface area contributed by atoms with Crippen molar-refractivity contribution in [3.8, 4) is 0 Å². The third kappa shape index (κ3) is 7.47. The molecule has 1 aliphatic rings. The second-order valence-corrected chi connectivity index (χ2v) is 13.5. The molecule has 0 amide bonds. The molecular weight excluding hydrogens is 418 g/mol. The van der Waals surface area contributed by atoms with Gasteiger partial charge in [-0.15, -0.1) is 0 Å². The fourth-order valence-corrected chi connectivity index (χ4v) is 4.44. The molecule has 2 aromatic carbocycles. The molecule has 0 saturated carbocycles. The molecule has 0 N–H and O–H groups in total. The molecular formula is C26H37NO4Si. The van der Waals surface area contributed by atoms with Gasteiger partial charge in [-0.3, -0.25) is 0 Å². The van der Waals surface area contributed by atoms with E-state index < -0.39 is 14.9 Å². The quantitative estimate of drug-likeness (QED) is 0.415. The lowest BCUT2D eigenvalue weighted by Gasteiger charge is -2.29. The highest BCUT2D eigenvalue weighted by atomic mass is 28.3. The van der Waals surface area contributed by atoms with Crippen molar-refractivity contribution in [3.63, 3.8) is 0 Å². The Morgan fingerprint density at radius 2 is 1.69 bits per heavy atom. The fraction of sp³-hybridized carbons (Fsp3) is 0.500. The summed E-state index contributed by atoms with van der Waals surface area (Å²) in [5.41, 5.74) is 3.25. The van der Waals surface area contributed by atoms with Gasteiger partial charge < -0.3 is 19.1 Å². The van der Waals surface area contributed by atoms with Crippen molar-refractivity contribution in [2.75, 3.05) is 37.4 Å². The smallest absolute Gasteiger partial charge is 0.335 e. The van der Waals surface area contributed by atoms with E-state index in [0.29, 0.717) is 12.7 Å². The van der Waals surface area contributed by atoms with Crippen LogP contribution in [0, 0.1) is 0 Å². The first-order valence-electron chi connectivity index (χ1n) is 11.6. The van der Waals surface area contributed by atoms with Crippen LogP contribution < -0.4 is 4.90 Å². The van der Waals surface area contributed by atoms with Crippen LogP contribution in [-0.4, -0.2) is 53.4 Å². The van der Waals surface area contributed by atoms with Crippen LogP contribution in [0.2, 0.25) is 11.6 Å². The van der Waals surface area contributed by atoms with Crippen molar-refractivity contribution >= 4 is 20.5 Å². The van der Waals surface area contributed by atoms with Crippen LogP contribution in [-0.2, 0) is 32.0 Å². The van der Waals surface area contributed by atoms with E-state index in [0.717, 1.165) is 37.4 Å². The van der Waals surface area contributed by atoms with Gasteiger partial charge in [-0.05, 0) is 28.3 Å². The number of ether oxygens (including phenoxy) is 3. The van der Waals surface area contributed by atoms with Crippen molar-refractivity contribution in [1.29, 1.82) is 0 Å². The SMILES string of the molecule is C[SiH](CO[C@H](Cc1ccc(N2CCOCC2)cc1)C(=O)OCc1ccccc1)C(C)(C)C. The van der Waals surface area contributed by atoms with Gasteiger partial charge in [-0.1, -0.05) is 69.8 Å².